The Bertz CT molecular complexity index is 337. The van der Waals surface area contributed by atoms with Crippen LogP contribution in [0.3, 0.4) is 0 Å². The van der Waals surface area contributed by atoms with Crippen molar-refractivity contribution in [2.24, 2.45) is 0 Å². The number of morpholine rings is 1. The van der Waals surface area contributed by atoms with Crippen LogP contribution in [0, 0.1) is 0 Å². The quantitative estimate of drug-likeness (QED) is 0.800. The molecular weight excluding hydrogens is 216 g/mol. The zero-order chi connectivity index (χ0) is 12.1. The van der Waals surface area contributed by atoms with E-state index < -0.39 is 0 Å². The third-order valence-electron chi connectivity index (χ3n) is 3.01. The molecule has 0 amide bonds. The molecule has 1 fully saturated rings. The van der Waals surface area contributed by atoms with Crippen molar-refractivity contribution in [1.29, 1.82) is 0 Å². The molecule has 1 unspecified atom stereocenters. The molecule has 17 heavy (non-hydrogen) atoms. The molecule has 0 aliphatic carbocycles. The second-order valence-electron chi connectivity index (χ2n) is 4.48. The lowest BCUT2D eigenvalue weighted by Crippen LogP contribution is -2.39. The maximum absolute atomic E-state index is 5.78. The Kier molecular flexibility index (Phi) is 4.53. The standard InChI is InChI=1S/C12H22N4O/c1-3-4-16-5-6-17-11(9-16)12-14-8-10(15-12)7-13-2/h8,11,13H,3-7,9H2,1-2H3,(H,14,15). The summed E-state index contributed by atoms with van der Waals surface area (Å²) in [5.41, 5.74) is 1.11. The van der Waals surface area contributed by atoms with Gasteiger partial charge in [-0.15, -0.1) is 0 Å². The molecule has 0 spiro atoms. The SMILES string of the molecule is CCCN1CCOC(c2ncc(CNC)[nH]2)C1. The van der Waals surface area contributed by atoms with Gasteiger partial charge in [-0.2, -0.15) is 0 Å². The van der Waals surface area contributed by atoms with Gasteiger partial charge in [0.25, 0.3) is 0 Å². The van der Waals surface area contributed by atoms with E-state index in [-0.39, 0.29) is 6.10 Å². The molecule has 1 atom stereocenters. The third kappa shape index (κ3) is 3.28. The van der Waals surface area contributed by atoms with Gasteiger partial charge in [0.05, 0.1) is 6.61 Å². The molecule has 0 radical (unpaired) electrons. The van der Waals surface area contributed by atoms with E-state index in [9.17, 15) is 0 Å². The van der Waals surface area contributed by atoms with Gasteiger partial charge in [-0.1, -0.05) is 6.92 Å². The number of ether oxygens (including phenoxy) is 1. The second kappa shape index (κ2) is 6.14. The molecule has 1 aliphatic heterocycles. The molecule has 1 aromatic heterocycles. The fourth-order valence-corrected chi connectivity index (χ4v) is 2.21. The highest BCUT2D eigenvalue weighted by Crippen LogP contribution is 2.19. The minimum Gasteiger partial charge on any atom is -0.368 e. The van der Waals surface area contributed by atoms with E-state index >= 15 is 0 Å². The highest BCUT2D eigenvalue weighted by molar-refractivity contribution is 5.04. The predicted molar refractivity (Wildman–Crippen MR) is 66.8 cm³/mol. The van der Waals surface area contributed by atoms with Crippen LogP contribution >= 0.6 is 0 Å². The zero-order valence-corrected chi connectivity index (χ0v) is 10.7. The number of aromatic nitrogens is 2. The minimum atomic E-state index is 0.0981. The lowest BCUT2D eigenvalue weighted by atomic mass is 10.2. The van der Waals surface area contributed by atoms with Crippen molar-refractivity contribution in [3.63, 3.8) is 0 Å². The first kappa shape index (κ1) is 12.5. The highest BCUT2D eigenvalue weighted by Gasteiger charge is 2.23. The molecule has 1 aliphatic rings. The van der Waals surface area contributed by atoms with Crippen molar-refractivity contribution in [2.75, 3.05) is 33.3 Å². The van der Waals surface area contributed by atoms with Crippen LogP contribution in [-0.4, -0.2) is 48.2 Å². The van der Waals surface area contributed by atoms with Crippen LogP contribution in [0.4, 0.5) is 0 Å². The Morgan fingerprint density at radius 2 is 2.53 bits per heavy atom. The summed E-state index contributed by atoms with van der Waals surface area (Å²) in [7, 11) is 1.93. The van der Waals surface area contributed by atoms with Crippen molar-refractivity contribution >= 4 is 0 Å². The Hall–Kier alpha value is -0.910. The Morgan fingerprint density at radius 1 is 1.65 bits per heavy atom. The molecule has 0 saturated carbocycles. The molecule has 2 heterocycles. The van der Waals surface area contributed by atoms with E-state index in [4.69, 9.17) is 4.74 Å². The lowest BCUT2D eigenvalue weighted by Gasteiger charge is -2.31. The Labute approximate surface area is 103 Å². The number of aromatic amines is 1. The number of rotatable bonds is 5. The van der Waals surface area contributed by atoms with Crippen LogP contribution in [0.5, 0.6) is 0 Å². The van der Waals surface area contributed by atoms with Gasteiger partial charge in [0.2, 0.25) is 0 Å². The molecular formula is C12H22N4O. The summed E-state index contributed by atoms with van der Waals surface area (Å²) in [6.45, 7) is 6.95. The first-order valence-electron chi connectivity index (χ1n) is 6.35. The molecule has 5 nitrogen and oxygen atoms in total. The second-order valence-corrected chi connectivity index (χ2v) is 4.48. The van der Waals surface area contributed by atoms with Crippen LogP contribution in [0.1, 0.15) is 31.0 Å². The molecule has 2 N–H and O–H groups in total. The fourth-order valence-electron chi connectivity index (χ4n) is 2.21. The van der Waals surface area contributed by atoms with E-state index in [0.717, 1.165) is 44.3 Å². The van der Waals surface area contributed by atoms with Crippen LogP contribution in [0.15, 0.2) is 6.20 Å². The molecule has 0 aromatic carbocycles. The monoisotopic (exact) mass is 238 g/mol. The summed E-state index contributed by atoms with van der Waals surface area (Å²) in [6.07, 6.45) is 3.17. The molecule has 0 bridgehead atoms. The number of imidazole rings is 1. The van der Waals surface area contributed by atoms with Crippen molar-refractivity contribution in [3.8, 4) is 0 Å². The molecule has 96 valence electrons. The number of nitrogens with one attached hydrogen (secondary N) is 2. The number of hydrogen-bond donors (Lipinski definition) is 2. The first-order chi connectivity index (χ1) is 8.33. The Morgan fingerprint density at radius 3 is 3.29 bits per heavy atom. The summed E-state index contributed by atoms with van der Waals surface area (Å²) < 4.78 is 5.78. The summed E-state index contributed by atoms with van der Waals surface area (Å²) in [4.78, 5) is 10.2. The highest BCUT2D eigenvalue weighted by atomic mass is 16.5. The van der Waals surface area contributed by atoms with Gasteiger partial charge < -0.3 is 15.0 Å². The van der Waals surface area contributed by atoms with E-state index in [1.165, 1.54) is 6.42 Å². The molecule has 1 aromatic rings. The summed E-state index contributed by atoms with van der Waals surface area (Å²) in [6, 6.07) is 0. The van der Waals surface area contributed by atoms with Gasteiger partial charge in [-0.25, -0.2) is 4.98 Å². The van der Waals surface area contributed by atoms with E-state index in [2.05, 4.69) is 27.1 Å². The van der Waals surface area contributed by atoms with Gasteiger partial charge in [0.1, 0.15) is 11.9 Å². The number of hydrogen-bond acceptors (Lipinski definition) is 4. The van der Waals surface area contributed by atoms with E-state index in [0.29, 0.717) is 0 Å². The molecule has 5 heteroatoms. The van der Waals surface area contributed by atoms with Crippen molar-refractivity contribution < 1.29 is 4.74 Å². The van der Waals surface area contributed by atoms with Crippen molar-refractivity contribution in [2.45, 2.75) is 26.0 Å². The van der Waals surface area contributed by atoms with Gasteiger partial charge in [0.15, 0.2) is 0 Å². The number of nitrogens with zero attached hydrogens (tertiary/aromatic N) is 2. The predicted octanol–water partition coefficient (Wildman–Crippen LogP) is 0.912. The van der Waals surface area contributed by atoms with Gasteiger partial charge in [-0.3, -0.25) is 4.90 Å². The Balaban J connectivity index is 1.95. The average molecular weight is 238 g/mol. The zero-order valence-electron chi connectivity index (χ0n) is 10.7. The van der Waals surface area contributed by atoms with Gasteiger partial charge >= 0.3 is 0 Å². The summed E-state index contributed by atoms with van der Waals surface area (Å²) in [5.74, 6) is 0.955. The average Bonchev–Trinajstić information content (AvgIpc) is 2.79. The largest absolute Gasteiger partial charge is 0.368 e. The van der Waals surface area contributed by atoms with Crippen LogP contribution < -0.4 is 5.32 Å². The fraction of sp³-hybridized carbons (Fsp3) is 0.750. The van der Waals surface area contributed by atoms with E-state index in [1.807, 2.05) is 13.2 Å². The lowest BCUT2D eigenvalue weighted by molar-refractivity contribution is -0.0338. The molecule has 2 rings (SSSR count). The maximum atomic E-state index is 5.78. The first-order valence-corrected chi connectivity index (χ1v) is 6.35. The smallest absolute Gasteiger partial charge is 0.136 e. The van der Waals surface area contributed by atoms with Crippen LogP contribution in [0.2, 0.25) is 0 Å². The molecule has 1 saturated heterocycles. The minimum absolute atomic E-state index is 0.0981. The normalized spacial score (nSPS) is 21.9. The third-order valence-corrected chi connectivity index (χ3v) is 3.01. The topological polar surface area (TPSA) is 53.2 Å². The maximum Gasteiger partial charge on any atom is 0.136 e. The van der Waals surface area contributed by atoms with Crippen molar-refractivity contribution in [3.05, 3.63) is 17.7 Å². The van der Waals surface area contributed by atoms with Crippen LogP contribution in [-0.2, 0) is 11.3 Å². The number of H-pyrrole nitrogens is 1. The van der Waals surface area contributed by atoms with Gasteiger partial charge in [0, 0.05) is 31.5 Å². The van der Waals surface area contributed by atoms with E-state index in [1.54, 1.807) is 0 Å². The van der Waals surface area contributed by atoms with Gasteiger partial charge in [-0.05, 0) is 20.0 Å². The summed E-state index contributed by atoms with van der Waals surface area (Å²) >= 11 is 0. The summed E-state index contributed by atoms with van der Waals surface area (Å²) in [5, 5.41) is 3.11. The van der Waals surface area contributed by atoms with Crippen molar-refractivity contribution in [1.82, 2.24) is 20.2 Å². The van der Waals surface area contributed by atoms with Crippen LogP contribution in [0.25, 0.3) is 0 Å².